The van der Waals surface area contributed by atoms with E-state index in [1.165, 1.54) is 25.7 Å². The van der Waals surface area contributed by atoms with Crippen LogP contribution in [0.1, 0.15) is 58.2 Å². The van der Waals surface area contributed by atoms with Gasteiger partial charge in [0.2, 0.25) is 0 Å². The fourth-order valence-electron chi connectivity index (χ4n) is 2.91. The first kappa shape index (κ1) is 12.6. The minimum absolute atomic E-state index is 0.357. The molecule has 0 saturated heterocycles. The number of hydrogen-bond acceptors (Lipinski definition) is 2. The van der Waals surface area contributed by atoms with Crippen LogP contribution in [-0.2, 0) is 0 Å². The Morgan fingerprint density at radius 1 is 1.41 bits per heavy atom. The van der Waals surface area contributed by atoms with Gasteiger partial charge in [0.05, 0.1) is 5.69 Å². The van der Waals surface area contributed by atoms with Crippen LogP contribution in [0.5, 0.6) is 0 Å². The SMILES string of the molecule is C[C@@H](NC1CCCC(C)(C)C1)c1ccccn1. The molecule has 0 bridgehead atoms. The molecule has 0 aliphatic heterocycles. The van der Waals surface area contributed by atoms with Crippen molar-refractivity contribution in [3.05, 3.63) is 30.1 Å². The molecule has 1 heterocycles. The maximum Gasteiger partial charge on any atom is 0.0570 e. The predicted octanol–water partition coefficient (Wildman–Crippen LogP) is 3.70. The van der Waals surface area contributed by atoms with Crippen LogP contribution < -0.4 is 5.32 Å². The minimum atomic E-state index is 0.357. The van der Waals surface area contributed by atoms with E-state index in [4.69, 9.17) is 0 Å². The third-order valence-electron chi connectivity index (χ3n) is 3.82. The summed E-state index contributed by atoms with van der Waals surface area (Å²) in [6, 6.07) is 7.14. The molecule has 2 atom stereocenters. The molecule has 0 spiro atoms. The van der Waals surface area contributed by atoms with E-state index in [0.717, 1.165) is 5.69 Å². The summed E-state index contributed by atoms with van der Waals surface area (Å²) < 4.78 is 0. The lowest BCUT2D eigenvalue weighted by Crippen LogP contribution is -2.38. The summed E-state index contributed by atoms with van der Waals surface area (Å²) in [4.78, 5) is 4.42. The lowest BCUT2D eigenvalue weighted by atomic mass is 9.75. The van der Waals surface area contributed by atoms with E-state index in [1.807, 2.05) is 12.3 Å². The van der Waals surface area contributed by atoms with E-state index in [9.17, 15) is 0 Å². The minimum Gasteiger partial charge on any atom is -0.306 e. The highest BCUT2D eigenvalue weighted by molar-refractivity contribution is 5.08. The van der Waals surface area contributed by atoms with Gasteiger partial charge in [-0.15, -0.1) is 0 Å². The molecule has 2 rings (SSSR count). The second-order valence-electron chi connectivity index (χ2n) is 6.10. The first-order valence-corrected chi connectivity index (χ1v) is 6.74. The fourth-order valence-corrected chi connectivity index (χ4v) is 2.91. The first-order chi connectivity index (χ1) is 8.07. The molecule has 1 aromatic rings. The smallest absolute Gasteiger partial charge is 0.0570 e. The molecule has 1 aliphatic carbocycles. The van der Waals surface area contributed by atoms with Gasteiger partial charge in [-0.05, 0) is 43.7 Å². The third-order valence-corrected chi connectivity index (χ3v) is 3.82. The molecule has 0 radical (unpaired) electrons. The Balaban J connectivity index is 1.93. The van der Waals surface area contributed by atoms with Gasteiger partial charge < -0.3 is 5.32 Å². The molecular formula is C15H24N2. The summed E-state index contributed by atoms with van der Waals surface area (Å²) >= 11 is 0. The Labute approximate surface area is 105 Å². The van der Waals surface area contributed by atoms with Crippen LogP contribution in [-0.4, -0.2) is 11.0 Å². The molecule has 17 heavy (non-hydrogen) atoms. The van der Waals surface area contributed by atoms with Crippen molar-refractivity contribution < 1.29 is 0 Å². The lowest BCUT2D eigenvalue weighted by Gasteiger charge is -2.37. The van der Waals surface area contributed by atoms with E-state index in [1.54, 1.807) is 0 Å². The number of nitrogens with zero attached hydrogens (tertiary/aromatic N) is 1. The zero-order chi connectivity index (χ0) is 12.3. The van der Waals surface area contributed by atoms with Crippen molar-refractivity contribution in [1.82, 2.24) is 10.3 Å². The van der Waals surface area contributed by atoms with Crippen molar-refractivity contribution in [2.75, 3.05) is 0 Å². The van der Waals surface area contributed by atoms with Gasteiger partial charge >= 0.3 is 0 Å². The zero-order valence-corrected chi connectivity index (χ0v) is 11.2. The molecule has 1 unspecified atom stereocenters. The second-order valence-corrected chi connectivity index (χ2v) is 6.10. The van der Waals surface area contributed by atoms with Crippen molar-refractivity contribution in [3.63, 3.8) is 0 Å². The van der Waals surface area contributed by atoms with Crippen LogP contribution in [0.4, 0.5) is 0 Å². The van der Waals surface area contributed by atoms with Gasteiger partial charge in [0.25, 0.3) is 0 Å². The summed E-state index contributed by atoms with van der Waals surface area (Å²) in [5, 5.41) is 3.73. The molecule has 1 aliphatic rings. The molecule has 1 N–H and O–H groups in total. The molecule has 0 amide bonds. The highest BCUT2D eigenvalue weighted by Gasteiger charge is 2.28. The fraction of sp³-hybridized carbons (Fsp3) is 0.667. The average Bonchev–Trinajstić information content (AvgIpc) is 2.29. The summed E-state index contributed by atoms with van der Waals surface area (Å²) in [6.07, 6.45) is 7.17. The van der Waals surface area contributed by atoms with Gasteiger partial charge in [-0.25, -0.2) is 0 Å². The summed E-state index contributed by atoms with van der Waals surface area (Å²) in [5.74, 6) is 0. The first-order valence-electron chi connectivity index (χ1n) is 6.74. The molecule has 94 valence electrons. The lowest BCUT2D eigenvalue weighted by molar-refractivity contribution is 0.190. The van der Waals surface area contributed by atoms with Crippen LogP contribution in [0.15, 0.2) is 24.4 Å². The van der Waals surface area contributed by atoms with E-state index in [2.05, 4.69) is 43.2 Å². The number of aromatic nitrogens is 1. The van der Waals surface area contributed by atoms with E-state index >= 15 is 0 Å². The van der Waals surface area contributed by atoms with Gasteiger partial charge in [-0.2, -0.15) is 0 Å². The number of nitrogens with one attached hydrogen (secondary N) is 1. The Kier molecular flexibility index (Phi) is 3.82. The van der Waals surface area contributed by atoms with E-state index in [-0.39, 0.29) is 0 Å². The molecule has 1 fully saturated rings. The maximum atomic E-state index is 4.42. The van der Waals surface area contributed by atoms with Crippen LogP contribution >= 0.6 is 0 Å². The van der Waals surface area contributed by atoms with Crippen molar-refractivity contribution >= 4 is 0 Å². The Hall–Kier alpha value is -0.890. The summed E-state index contributed by atoms with van der Waals surface area (Å²) in [7, 11) is 0. The van der Waals surface area contributed by atoms with Crippen LogP contribution in [0.3, 0.4) is 0 Å². The van der Waals surface area contributed by atoms with E-state index < -0.39 is 0 Å². The average molecular weight is 232 g/mol. The highest BCUT2D eigenvalue weighted by Crippen LogP contribution is 2.35. The van der Waals surface area contributed by atoms with Crippen LogP contribution in [0.25, 0.3) is 0 Å². The number of rotatable bonds is 3. The van der Waals surface area contributed by atoms with Gasteiger partial charge in [0, 0.05) is 18.3 Å². The van der Waals surface area contributed by atoms with Gasteiger partial charge in [0.1, 0.15) is 0 Å². The quantitative estimate of drug-likeness (QED) is 0.859. The normalized spacial score (nSPS) is 25.5. The van der Waals surface area contributed by atoms with Crippen molar-refractivity contribution in [2.24, 2.45) is 5.41 Å². The summed E-state index contributed by atoms with van der Waals surface area (Å²) in [6.45, 7) is 6.97. The highest BCUT2D eigenvalue weighted by atomic mass is 15.0. The molecule has 1 saturated carbocycles. The van der Waals surface area contributed by atoms with Crippen molar-refractivity contribution in [1.29, 1.82) is 0 Å². The van der Waals surface area contributed by atoms with Crippen molar-refractivity contribution in [2.45, 2.75) is 58.5 Å². The van der Waals surface area contributed by atoms with Crippen LogP contribution in [0, 0.1) is 5.41 Å². The van der Waals surface area contributed by atoms with Crippen LogP contribution in [0.2, 0.25) is 0 Å². The molecule has 2 nitrogen and oxygen atoms in total. The molecular weight excluding hydrogens is 208 g/mol. The molecule has 1 aromatic heterocycles. The predicted molar refractivity (Wildman–Crippen MR) is 71.8 cm³/mol. The Morgan fingerprint density at radius 2 is 2.24 bits per heavy atom. The Morgan fingerprint density at radius 3 is 2.88 bits per heavy atom. The topological polar surface area (TPSA) is 24.9 Å². The number of hydrogen-bond donors (Lipinski definition) is 1. The van der Waals surface area contributed by atoms with E-state index in [0.29, 0.717) is 17.5 Å². The maximum absolute atomic E-state index is 4.42. The second kappa shape index (κ2) is 5.18. The standard InChI is InChI=1S/C15H24N2/c1-12(14-8-4-5-10-16-14)17-13-7-6-9-15(2,3)11-13/h4-5,8,10,12-13,17H,6-7,9,11H2,1-3H3/t12-,13?/m1/s1. The summed E-state index contributed by atoms with van der Waals surface area (Å²) in [5.41, 5.74) is 1.65. The third kappa shape index (κ3) is 3.53. The van der Waals surface area contributed by atoms with Gasteiger partial charge in [-0.3, -0.25) is 4.98 Å². The van der Waals surface area contributed by atoms with Gasteiger partial charge in [0.15, 0.2) is 0 Å². The monoisotopic (exact) mass is 232 g/mol. The molecule has 0 aromatic carbocycles. The van der Waals surface area contributed by atoms with Gasteiger partial charge in [-0.1, -0.05) is 26.3 Å². The largest absolute Gasteiger partial charge is 0.306 e. The van der Waals surface area contributed by atoms with Crippen molar-refractivity contribution in [3.8, 4) is 0 Å². The Bertz CT molecular complexity index is 345. The molecule has 2 heteroatoms. The number of pyridine rings is 1. The zero-order valence-electron chi connectivity index (χ0n) is 11.2.